The number of aromatic amines is 1. The highest BCUT2D eigenvalue weighted by molar-refractivity contribution is 5.71. The number of H-pyrrole nitrogens is 1. The van der Waals surface area contributed by atoms with E-state index in [0.29, 0.717) is 17.7 Å². The Morgan fingerprint density at radius 3 is 2.67 bits per heavy atom. The number of imidazole rings is 1. The van der Waals surface area contributed by atoms with Crippen molar-refractivity contribution in [2.75, 3.05) is 7.05 Å². The van der Waals surface area contributed by atoms with E-state index in [4.69, 9.17) is 0 Å². The molecular formula is C14H21N5O2. The molecule has 1 aliphatic carbocycles. The van der Waals surface area contributed by atoms with E-state index in [0.717, 1.165) is 31.5 Å². The summed E-state index contributed by atoms with van der Waals surface area (Å²) in [5.74, 6) is 0.758. The molecule has 0 aliphatic heterocycles. The van der Waals surface area contributed by atoms with Gasteiger partial charge in [0, 0.05) is 13.1 Å². The third kappa shape index (κ3) is 2.31. The predicted octanol–water partition coefficient (Wildman–Crippen LogP) is 0.648. The molecule has 2 aromatic heterocycles. The molecule has 2 aromatic rings. The maximum atomic E-state index is 12.3. The van der Waals surface area contributed by atoms with Gasteiger partial charge in [0.25, 0.3) is 5.56 Å². The van der Waals surface area contributed by atoms with Crippen LogP contribution in [0.2, 0.25) is 0 Å². The summed E-state index contributed by atoms with van der Waals surface area (Å²) in [4.78, 5) is 31.4. The molecule has 0 bridgehead atoms. The second-order valence-corrected chi connectivity index (χ2v) is 5.71. The summed E-state index contributed by atoms with van der Waals surface area (Å²) in [7, 11) is 3.64. The number of nitrogens with one attached hydrogen (secondary N) is 2. The Hall–Kier alpha value is -1.89. The largest absolute Gasteiger partial charge is 0.330 e. The zero-order valence-electron chi connectivity index (χ0n) is 12.5. The van der Waals surface area contributed by atoms with Gasteiger partial charge in [-0.05, 0) is 19.9 Å². The minimum Gasteiger partial charge on any atom is -0.324 e. The van der Waals surface area contributed by atoms with Crippen LogP contribution >= 0.6 is 0 Å². The lowest BCUT2D eigenvalue weighted by molar-refractivity contribution is 0.349. The molecule has 2 N–H and O–H groups in total. The Kier molecular flexibility index (Phi) is 3.67. The third-order valence-corrected chi connectivity index (χ3v) is 4.33. The fraction of sp³-hybridized carbons (Fsp3) is 0.643. The van der Waals surface area contributed by atoms with Crippen LogP contribution in [0.3, 0.4) is 0 Å². The highest BCUT2D eigenvalue weighted by Crippen LogP contribution is 2.28. The van der Waals surface area contributed by atoms with Gasteiger partial charge in [-0.1, -0.05) is 19.3 Å². The topological polar surface area (TPSA) is 84.7 Å². The molecule has 7 heteroatoms. The van der Waals surface area contributed by atoms with Crippen molar-refractivity contribution < 1.29 is 0 Å². The van der Waals surface area contributed by atoms with Crippen LogP contribution in [0.15, 0.2) is 9.59 Å². The van der Waals surface area contributed by atoms with Crippen LogP contribution in [0.25, 0.3) is 11.2 Å². The Morgan fingerprint density at radius 2 is 2.00 bits per heavy atom. The molecule has 114 valence electrons. The Morgan fingerprint density at radius 1 is 1.29 bits per heavy atom. The Bertz CT molecular complexity index is 764. The van der Waals surface area contributed by atoms with Gasteiger partial charge in [-0.2, -0.15) is 0 Å². The van der Waals surface area contributed by atoms with E-state index in [1.165, 1.54) is 6.42 Å². The minimum absolute atomic E-state index is 0.142. The summed E-state index contributed by atoms with van der Waals surface area (Å²) in [6.45, 7) is 0.559. The van der Waals surface area contributed by atoms with E-state index < -0.39 is 0 Å². The first kappa shape index (κ1) is 14.1. The summed E-state index contributed by atoms with van der Waals surface area (Å²) in [6.07, 6.45) is 5.39. The summed E-state index contributed by atoms with van der Waals surface area (Å²) in [5.41, 5.74) is 0.293. The molecular weight excluding hydrogens is 270 g/mol. The van der Waals surface area contributed by atoms with Gasteiger partial charge in [0.15, 0.2) is 11.2 Å². The summed E-state index contributed by atoms with van der Waals surface area (Å²) in [6, 6.07) is 0.142. The molecule has 0 radical (unpaired) electrons. The molecule has 0 aromatic carbocycles. The van der Waals surface area contributed by atoms with Gasteiger partial charge in [0.2, 0.25) is 0 Å². The number of aromatic nitrogens is 4. The van der Waals surface area contributed by atoms with Crippen LogP contribution in [-0.4, -0.2) is 26.1 Å². The number of hydrogen-bond donors (Lipinski definition) is 2. The van der Waals surface area contributed by atoms with Crippen molar-refractivity contribution >= 4 is 11.2 Å². The van der Waals surface area contributed by atoms with Crippen LogP contribution < -0.4 is 16.6 Å². The first-order valence-electron chi connectivity index (χ1n) is 7.48. The smallest absolute Gasteiger partial charge is 0.324 e. The molecule has 0 atom stereocenters. The number of fused-ring (bicyclic) bond motifs is 1. The normalized spacial score (nSPS) is 16.7. The van der Waals surface area contributed by atoms with Gasteiger partial charge in [-0.3, -0.25) is 14.3 Å². The molecule has 0 unspecified atom stereocenters. The van der Waals surface area contributed by atoms with Crippen LogP contribution in [-0.2, 0) is 13.6 Å². The predicted molar refractivity (Wildman–Crippen MR) is 80.5 cm³/mol. The average Bonchev–Trinajstić information content (AvgIpc) is 2.78. The van der Waals surface area contributed by atoms with Crippen molar-refractivity contribution in [1.82, 2.24) is 24.4 Å². The maximum Gasteiger partial charge on any atom is 0.330 e. The molecule has 0 saturated heterocycles. The highest BCUT2D eigenvalue weighted by atomic mass is 16.2. The first-order chi connectivity index (χ1) is 10.1. The lowest BCUT2D eigenvalue weighted by Crippen LogP contribution is -2.34. The summed E-state index contributed by atoms with van der Waals surface area (Å²) < 4.78 is 3.46. The van der Waals surface area contributed by atoms with Crippen LogP contribution in [0.1, 0.15) is 44.0 Å². The monoisotopic (exact) mass is 291 g/mol. The standard InChI is InChI=1S/C14H21N5O2/c1-15-8-10-16-12-11(18(10)2)13(20)17-14(21)19(12)9-6-4-3-5-7-9/h9,15H,3-8H2,1-2H3,(H,17,20,21). The van der Waals surface area contributed by atoms with Crippen molar-refractivity contribution in [3.63, 3.8) is 0 Å². The van der Waals surface area contributed by atoms with E-state index in [-0.39, 0.29) is 17.3 Å². The second-order valence-electron chi connectivity index (χ2n) is 5.71. The molecule has 21 heavy (non-hydrogen) atoms. The van der Waals surface area contributed by atoms with E-state index in [9.17, 15) is 9.59 Å². The molecule has 1 saturated carbocycles. The van der Waals surface area contributed by atoms with Crippen molar-refractivity contribution in [1.29, 1.82) is 0 Å². The number of hydrogen-bond acceptors (Lipinski definition) is 4. The van der Waals surface area contributed by atoms with Gasteiger partial charge in [0.1, 0.15) is 5.82 Å². The fourth-order valence-electron chi connectivity index (χ4n) is 3.26. The van der Waals surface area contributed by atoms with Gasteiger partial charge in [-0.25, -0.2) is 9.78 Å². The summed E-state index contributed by atoms with van der Waals surface area (Å²) >= 11 is 0. The Labute approximate surface area is 122 Å². The van der Waals surface area contributed by atoms with Crippen LogP contribution in [0.5, 0.6) is 0 Å². The van der Waals surface area contributed by atoms with E-state index >= 15 is 0 Å². The maximum absolute atomic E-state index is 12.3. The van der Waals surface area contributed by atoms with Gasteiger partial charge in [-0.15, -0.1) is 0 Å². The zero-order chi connectivity index (χ0) is 15.0. The van der Waals surface area contributed by atoms with E-state index in [2.05, 4.69) is 15.3 Å². The molecule has 7 nitrogen and oxygen atoms in total. The number of rotatable bonds is 3. The molecule has 3 rings (SSSR count). The Balaban J connectivity index is 2.25. The molecule has 0 amide bonds. The minimum atomic E-state index is -0.362. The molecule has 2 heterocycles. The zero-order valence-corrected chi connectivity index (χ0v) is 12.5. The van der Waals surface area contributed by atoms with Gasteiger partial charge >= 0.3 is 5.69 Å². The van der Waals surface area contributed by atoms with Gasteiger partial charge < -0.3 is 9.88 Å². The van der Waals surface area contributed by atoms with Crippen LogP contribution in [0, 0.1) is 0 Å². The molecule has 1 fully saturated rings. The van der Waals surface area contributed by atoms with Crippen molar-refractivity contribution in [2.45, 2.75) is 44.7 Å². The molecule has 1 aliphatic rings. The quantitative estimate of drug-likeness (QED) is 0.869. The molecule has 0 spiro atoms. The fourth-order valence-corrected chi connectivity index (χ4v) is 3.26. The average molecular weight is 291 g/mol. The first-order valence-corrected chi connectivity index (χ1v) is 7.48. The SMILES string of the molecule is CNCc1nc2c(c(=O)[nH]c(=O)n2C2CCCCC2)n1C. The highest BCUT2D eigenvalue weighted by Gasteiger charge is 2.23. The van der Waals surface area contributed by atoms with Crippen molar-refractivity contribution in [3.8, 4) is 0 Å². The van der Waals surface area contributed by atoms with E-state index in [1.54, 1.807) is 9.13 Å². The lowest BCUT2D eigenvalue weighted by atomic mass is 9.95. The van der Waals surface area contributed by atoms with Gasteiger partial charge in [0.05, 0.1) is 6.54 Å². The number of nitrogens with zero attached hydrogens (tertiary/aromatic N) is 3. The van der Waals surface area contributed by atoms with Crippen molar-refractivity contribution in [2.24, 2.45) is 7.05 Å². The lowest BCUT2D eigenvalue weighted by Gasteiger charge is -2.23. The second kappa shape index (κ2) is 5.48. The van der Waals surface area contributed by atoms with Crippen LogP contribution in [0.4, 0.5) is 0 Å². The van der Waals surface area contributed by atoms with E-state index in [1.807, 2.05) is 14.1 Å². The van der Waals surface area contributed by atoms with Crippen molar-refractivity contribution in [3.05, 3.63) is 26.7 Å². The third-order valence-electron chi connectivity index (χ3n) is 4.33. The summed E-state index contributed by atoms with van der Waals surface area (Å²) in [5, 5.41) is 3.04. The number of aryl methyl sites for hydroxylation is 1.